The Morgan fingerprint density at radius 3 is 3.10 bits per heavy atom. The lowest BCUT2D eigenvalue weighted by Gasteiger charge is -2.15. The SMILES string of the molecule is Nc1ncnc2c1ncn2[C@H]1C[C@H](O)[C@@H](CSCCO)O1. The van der Waals surface area contributed by atoms with Gasteiger partial charge in [-0.15, -0.1) is 0 Å². The number of aliphatic hydroxyl groups excluding tert-OH is 2. The first-order chi connectivity index (χ1) is 10.2. The molecule has 3 atom stereocenters. The number of imidazole rings is 1. The van der Waals surface area contributed by atoms with Gasteiger partial charge in [0, 0.05) is 17.9 Å². The van der Waals surface area contributed by atoms with E-state index in [2.05, 4.69) is 15.0 Å². The Balaban J connectivity index is 1.76. The van der Waals surface area contributed by atoms with Gasteiger partial charge in [0.2, 0.25) is 0 Å². The van der Waals surface area contributed by atoms with E-state index in [-0.39, 0.29) is 18.9 Å². The molecule has 0 unspecified atom stereocenters. The number of rotatable bonds is 5. The molecule has 0 amide bonds. The summed E-state index contributed by atoms with van der Waals surface area (Å²) in [6.07, 6.45) is 2.34. The molecule has 114 valence electrons. The third-order valence-corrected chi connectivity index (χ3v) is 4.45. The Morgan fingerprint density at radius 1 is 1.43 bits per heavy atom. The van der Waals surface area contributed by atoms with Crippen LogP contribution in [0.2, 0.25) is 0 Å². The molecule has 0 spiro atoms. The van der Waals surface area contributed by atoms with Gasteiger partial charge in [-0.1, -0.05) is 0 Å². The maximum absolute atomic E-state index is 10.1. The van der Waals surface area contributed by atoms with Crippen LogP contribution in [-0.2, 0) is 4.74 Å². The van der Waals surface area contributed by atoms with Crippen LogP contribution in [0.1, 0.15) is 12.6 Å². The zero-order valence-corrected chi connectivity index (χ0v) is 12.1. The summed E-state index contributed by atoms with van der Waals surface area (Å²) < 4.78 is 7.65. The Labute approximate surface area is 125 Å². The summed E-state index contributed by atoms with van der Waals surface area (Å²) >= 11 is 1.55. The number of fused-ring (bicyclic) bond motifs is 1. The van der Waals surface area contributed by atoms with Crippen LogP contribution in [0.15, 0.2) is 12.7 Å². The molecular formula is C12H17N5O3S. The van der Waals surface area contributed by atoms with Crippen molar-refractivity contribution in [3.63, 3.8) is 0 Å². The third-order valence-electron chi connectivity index (χ3n) is 3.42. The molecule has 1 fully saturated rings. The number of aromatic nitrogens is 4. The number of nitrogen functional groups attached to an aromatic ring is 1. The number of hydrogen-bond donors (Lipinski definition) is 3. The lowest BCUT2D eigenvalue weighted by molar-refractivity contribution is -0.00372. The Bertz CT molecular complexity index is 622. The summed E-state index contributed by atoms with van der Waals surface area (Å²) in [5.41, 5.74) is 6.90. The quantitative estimate of drug-likeness (QED) is 0.649. The number of ether oxygens (including phenoxy) is 1. The molecule has 0 aromatic carbocycles. The lowest BCUT2D eigenvalue weighted by atomic mass is 10.2. The Morgan fingerprint density at radius 2 is 2.29 bits per heavy atom. The van der Waals surface area contributed by atoms with E-state index in [1.807, 2.05) is 0 Å². The fourth-order valence-corrected chi connectivity index (χ4v) is 3.21. The zero-order valence-electron chi connectivity index (χ0n) is 11.3. The molecule has 21 heavy (non-hydrogen) atoms. The van der Waals surface area contributed by atoms with Crippen LogP contribution in [0.5, 0.6) is 0 Å². The van der Waals surface area contributed by atoms with Crippen molar-refractivity contribution in [1.82, 2.24) is 19.5 Å². The number of hydrogen-bond acceptors (Lipinski definition) is 8. The summed E-state index contributed by atoms with van der Waals surface area (Å²) in [7, 11) is 0. The number of nitrogens with two attached hydrogens (primary N) is 1. The van der Waals surface area contributed by atoms with E-state index >= 15 is 0 Å². The number of aliphatic hydroxyl groups is 2. The van der Waals surface area contributed by atoms with E-state index in [9.17, 15) is 5.11 Å². The predicted molar refractivity (Wildman–Crippen MR) is 78.7 cm³/mol. The monoisotopic (exact) mass is 311 g/mol. The second-order valence-electron chi connectivity index (χ2n) is 4.81. The molecule has 1 aliphatic rings. The fourth-order valence-electron chi connectivity index (χ4n) is 2.38. The van der Waals surface area contributed by atoms with Gasteiger partial charge in [-0.05, 0) is 0 Å². The molecule has 0 aliphatic carbocycles. The lowest BCUT2D eigenvalue weighted by Crippen LogP contribution is -2.23. The van der Waals surface area contributed by atoms with E-state index < -0.39 is 6.10 Å². The average Bonchev–Trinajstić information content (AvgIpc) is 3.04. The van der Waals surface area contributed by atoms with Gasteiger partial charge in [0.15, 0.2) is 11.5 Å². The van der Waals surface area contributed by atoms with Gasteiger partial charge in [-0.2, -0.15) is 11.8 Å². The highest BCUT2D eigenvalue weighted by Crippen LogP contribution is 2.32. The maximum Gasteiger partial charge on any atom is 0.167 e. The summed E-state index contributed by atoms with van der Waals surface area (Å²) in [5, 5.41) is 18.9. The highest BCUT2D eigenvalue weighted by molar-refractivity contribution is 7.99. The van der Waals surface area contributed by atoms with Gasteiger partial charge in [0.05, 0.1) is 25.1 Å². The zero-order chi connectivity index (χ0) is 14.8. The van der Waals surface area contributed by atoms with E-state index in [0.29, 0.717) is 34.9 Å². The number of anilines is 1. The van der Waals surface area contributed by atoms with Gasteiger partial charge in [-0.3, -0.25) is 4.57 Å². The first-order valence-corrected chi connectivity index (χ1v) is 7.81. The molecule has 1 saturated heterocycles. The average molecular weight is 311 g/mol. The highest BCUT2D eigenvalue weighted by atomic mass is 32.2. The molecule has 8 nitrogen and oxygen atoms in total. The van der Waals surface area contributed by atoms with Crippen LogP contribution in [-0.4, -0.2) is 60.1 Å². The Hall–Kier alpha value is -1.42. The van der Waals surface area contributed by atoms with Crippen LogP contribution >= 0.6 is 11.8 Å². The van der Waals surface area contributed by atoms with Crippen molar-refractivity contribution >= 4 is 28.7 Å². The Kier molecular flexibility index (Phi) is 4.24. The van der Waals surface area contributed by atoms with E-state index in [0.717, 1.165) is 0 Å². The second-order valence-corrected chi connectivity index (χ2v) is 5.96. The van der Waals surface area contributed by atoms with E-state index in [1.54, 1.807) is 22.7 Å². The topological polar surface area (TPSA) is 119 Å². The molecule has 3 heterocycles. The van der Waals surface area contributed by atoms with Crippen molar-refractivity contribution in [1.29, 1.82) is 0 Å². The summed E-state index contributed by atoms with van der Waals surface area (Å²) in [6, 6.07) is 0. The molecule has 4 N–H and O–H groups in total. The normalized spacial score (nSPS) is 25.7. The summed E-state index contributed by atoms with van der Waals surface area (Å²) in [6.45, 7) is 0.124. The summed E-state index contributed by atoms with van der Waals surface area (Å²) in [4.78, 5) is 12.3. The van der Waals surface area contributed by atoms with Crippen molar-refractivity contribution in [3.8, 4) is 0 Å². The van der Waals surface area contributed by atoms with Gasteiger partial charge < -0.3 is 20.7 Å². The second kappa shape index (κ2) is 6.14. The van der Waals surface area contributed by atoms with E-state index in [1.165, 1.54) is 6.33 Å². The standard InChI is InChI=1S/C12H17N5O3S/c13-11-10-12(15-5-14-11)17(6-16-10)9-3-7(19)8(20-9)4-21-2-1-18/h5-9,18-19H,1-4H2,(H2,13,14,15)/t7-,8+,9+/m0/s1. The largest absolute Gasteiger partial charge is 0.396 e. The van der Waals surface area contributed by atoms with Crippen LogP contribution in [0, 0.1) is 0 Å². The van der Waals surface area contributed by atoms with E-state index in [4.69, 9.17) is 15.6 Å². The van der Waals surface area contributed by atoms with Crippen LogP contribution in [0.3, 0.4) is 0 Å². The molecular weight excluding hydrogens is 294 g/mol. The van der Waals surface area contributed by atoms with Crippen LogP contribution < -0.4 is 5.73 Å². The summed E-state index contributed by atoms with van der Waals surface area (Å²) in [5.74, 6) is 1.60. The van der Waals surface area contributed by atoms with Crippen molar-refractivity contribution in [2.45, 2.75) is 24.9 Å². The van der Waals surface area contributed by atoms with Crippen molar-refractivity contribution in [3.05, 3.63) is 12.7 Å². The van der Waals surface area contributed by atoms with Gasteiger partial charge in [0.1, 0.15) is 18.1 Å². The highest BCUT2D eigenvalue weighted by Gasteiger charge is 2.35. The van der Waals surface area contributed by atoms with Gasteiger partial charge in [-0.25, -0.2) is 15.0 Å². The van der Waals surface area contributed by atoms with Crippen LogP contribution in [0.4, 0.5) is 5.82 Å². The minimum atomic E-state index is -0.544. The van der Waals surface area contributed by atoms with Gasteiger partial charge >= 0.3 is 0 Å². The van der Waals surface area contributed by atoms with Crippen LogP contribution in [0.25, 0.3) is 11.2 Å². The van der Waals surface area contributed by atoms with Crippen molar-refractivity contribution in [2.75, 3.05) is 23.8 Å². The molecule has 2 aromatic rings. The third kappa shape index (κ3) is 2.82. The first-order valence-electron chi connectivity index (χ1n) is 6.66. The first kappa shape index (κ1) is 14.5. The minimum Gasteiger partial charge on any atom is -0.396 e. The number of thioether (sulfide) groups is 1. The minimum absolute atomic E-state index is 0.124. The molecule has 0 saturated carbocycles. The molecule has 3 rings (SSSR count). The molecule has 2 aromatic heterocycles. The smallest absolute Gasteiger partial charge is 0.167 e. The van der Waals surface area contributed by atoms with Crippen molar-refractivity contribution < 1.29 is 14.9 Å². The van der Waals surface area contributed by atoms with Crippen molar-refractivity contribution in [2.24, 2.45) is 0 Å². The molecule has 1 aliphatic heterocycles. The fraction of sp³-hybridized carbons (Fsp3) is 0.583. The molecule has 0 bridgehead atoms. The molecule has 9 heteroatoms. The van der Waals surface area contributed by atoms with Gasteiger partial charge in [0.25, 0.3) is 0 Å². The molecule has 0 radical (unpaired) electrons. The predicted octanol–water partition coefficient (Wildman–Crippen LogP) is -0.218. The maximum atomic E-state index is 10.1. The number of nitrogens with zero attached hydrogens (tertiary/aromatic N) is 4.